The molecule has 0 aliphatic carbocycles. The van der Waals surface area contributed by atoms with E-state index in [1.807, 2.05) is 18.2 Å². The number of piperidine rings is 1. The molecule has 144 valence electrons. The summed E-state index contributed by atoms with van der Waals surface area (Å²) >= 11 is 0. The van der Waals surface area contributed by atoms with Crippen molar-refractivity contribution in [2.45, 2.75) is 44.8 Å². The number of aliphatic hydroxyl groups is 1. The van der Waals surface area contributed by atoms with Gasteiger partial charge in [0, 0.05) is 50.4 Å². The summed E-state index contributed by atoms with van der Waals surface area (Å²) in [6.45, 7) is 8.23. The first-order valence-corrected chi connectivity index (χ1v) is 9.94. The second-order valence-corrected chi connectivity index (χ2v) is 7.93. The van der Waals surface area contributed by atoms with E-state index < -0.39 is 0 Å². The quantitative estimate of drug-likeness (QED) is 0.786. The molecule has 1 N–H and O–H groups in total. The van der Waals surface area contributed by atoms with Crippen LogP contribution in [0.5, 0.6) is 0 Å². The van der Waals surface area contributed by atoms with Crippen LogP contribution in [0.2, 0.25) is 0 Å². The zero-order valence-electron chi connectivity index (χ0n) is 16.2. The average molecular weight is 360 g/mol. The minimum Gasteiger partial charge on any atom is -0.396 e. The van der Waals surface area contributed by atoms with Gasteiger partial charge in [-0.25, -0.2) is 0 Å². The molecule has 2 heterocycles. The van der Waals surface area contributed by atoms with Crippen LogP contribution in [0.25, 0.3) is 0 Å². The summed E-state index contributed by atoms with van der Waals surface area (Å²) < 4.78 is 0. The molecule has 26 heavy (non-hydrogen) atoms. The molecule has 0 radical (unpaired) electrons. The summed E-state index contributed by atoms with van der Waals surface area (Å²) in [6, 6.07) is 9.08. The van der Waals surface area contributed by atoms with Crippen LogP contribution < -0.4 is 0 Å². The molecular weight excluding hydrogens is 326 g/mol. The first kappa shape index (κ1) is 19.5. The van der Waals surface area contributed by atoms with Gasteiger partial charge in [0.1, 0.15) is 0 Å². The summed E-state index contributed by atoms with van der Waals surface area (Å²) in [4.78, 5) is 19.2. The molecule has 0 aromatic heterocycles. The molecule has 1 aromatic carbocycles. The fraction of sp³-hybridized carbons (Fsp3) is 0.667. The van der Waals surface area contributed by atoms with Crippen molar-refractivity contribution >= 4 is 5.78 Å². The highest BCUT2D eigenvalue weighted by Crippen LogP contribution is 2.24. The maximum absolute atomic E-state index is 11.6. The Morgan fingerprint density at radius 1 is 1.19 bits per heavy atom. The lowest BCUT2D eigenvalue weighted by Crippen LogP contribution is -2.58. The first-order valence-electron chi connectivity index (χ1n) is 9.94. The van der Waals surface area contributed by atoms with Crippen molar-refractivity contribution in [2.24, 2.45) is 0 Å². The molecule has 2 aliphatic rings. The van der Waals surface area contributed by atoms with Crippen molar-refractivity contribution in [3.63, 3.8) is 0 Å². The van der Waals surface area contributed by atoms with Gasteiger partial charge < -0.3 is 10.0 Å². The van der Waals surface area contributed by atoms with Gasteiger partial charge in [0.25, 0.3) is 0 Å². The molecule has 1 atom stereocenters. The van der Waals surface area contributed by atoms with Crippen molar-refractivity contribution in [3.05, 3.63) is 35.4 Å². The average Bonchev–Trinajstić information content (AvgIpc) is 2.63. The third-order valence-corrected chi connectivity index (χ3v) is 5.97. The standard InChI is InChI=1S/C21H33N3O2/c1-17(26)19-5-3-4-18(14-19)15-23-11-12-24(21(16-23)8-13-25)20-6-9-22(2)10-7-20/h3-5,14,20-21,25H,6-13,15-16H2,1-2H3/t21-/m0/s1. The van der Waals surface area contributed by atoms with Gasteiger partial charge in [0.2, 0.25) is 0 Å². The Balaban J connectivity index is 1.62. The molecule has 0 amide bonds. The summed E-state index contributed by atoms with van der Waals surface area (Å²) in [5.41, 5.74) is 1.99. The molecule has 0 spiro atoms. The number of rotatable bonds is 6. The number of nitrogens with zero attached hydrogens (tertiary/aromatic N) is 3. The van der Waals surface area contributed by atoms with Crippen molar-refractivity contribution in [2.75, 3.05) is 46.4 Å². The van der Waals surface area contributed by atoms with Gasteiger partial charge in [0.15, 0.2) is 5.78 Å². The van der Waals surface area contributed by atoms with Crippen LogP contribution in [0.1, 0.15) is 42.1 Å². The van der Waals surface area contributed by atoms with Crippen LogP contribution in [0.15, 0.2) is 24.3 Å². The number of hydrogen-bond acceptors (Lipinski definition) is 5. The number of Topliss-reactive ketones (excluding diaryl/α,β-unsaturated/α-hetero) is 1. The number of carbonyl (C=O) groups excluding carboxylic acids is 1. The highest BCUT2D eigenvalue weighted by molar-refractivity contribution is 5.94. The molecular formula is C21H33N3O2. The number of ketones is 1. The Morgan fingerprint density at radius 3 is 2.65 bits per heavy atom. The molecule has 0 bridgehead atoms. The van der Waals surface area contributed by atoms with E-state index in [1.54, 1.807) is 6.92 Å². The van der Waals surface area contributed by atoms with Crippen LogP contribution in [0.4, 0.5) is 0 Å². The smallest absolute Gasteiger partial charge is 0.159 e. The van der Waals surface area contributed by atoms with Crippen molar-refractivity contribution in [1.82, 2.24) is 14.7 Å². The minimum atomic E-state index is 0.122. The van der Waals surface area contributed by atoms with Crippen molar-refractivity contribution in [3.8, 4) is 0 Å². The lowest BCUT2D eigenvalue weighted by atomic mass is 9.98. The summed E-state index contributed by atoms with van der Waals surface area (Å²) in [7, 11) is 2.20. The molecule has 2 fully saturated rings. The lowest BCUT2D eigenvalue weighted by Gasteiger charge is -2.47. The summed E-state index contributed by atoms with van der Waals surface area (Å²) in [5.74, 6) is 0.122. The van der Waals surface area contributed by atoms with Gasteiger partial charge in [-0.2, -0.15) is 0 Å². The predicted molar refractivity (Wildman–Crippen MR) is 104 cm³/mol. The number of aliphatic hydroxyl groups excluding tert-OH is 1. The van der Waals surface area contributed by atoms with Gasteiger partial charge >= 0.3 is 0 Å². The number of likely N-dealkylation sites (tertiary alicyclic amines) is 1. The van der Waals surface area contributed by atoms with E-state index in [0.29, 0.717) is 12.1 Å². The van der Waals surface area contributed by atoms with E-state index in [2.05, 4.69) is 27.8 Å². The van der Waals surface area contributed by atoms with E-state index in [9.17, 15) is 9.90 Å². The molecule has 3 rings (SSSR count). The van der Waals surface area contributed by atoms with Gasteiger partial charge in [-0.3, -0.25) is 14.6 Å². The van der Waals surface area contributed by atoms with Gasteiger partial charge in [-0.1, -0.05) is 18.2 Å². The summed E-state index contributed by atoms with van der Waals surface area (Å²) in [5, 5.41) is 9.56. The Hall–Kier alpha value is -1.27. The van der Waals surface area contributed by atoms with Crippen LogP contribution >= 0.6 is 0 Å². The zero-order valence-corrected chi connectivity index (χ0v) is 16.2. The fourth-order valence-electron chi connectivity index (χ4n) is 4.44. The lowest BCUT2D eigenvalue weighted by molar-refractivity contribution is 0.00599. The third-order valence-electron chi connectivity index (χ3n) is 5.97. The normalized spacial score (nSPS) is 24.0. The topological polar surface area (TPSA) is 47.0 Å². The number of carbonyl (C=O) groups is 1. The Morgan fingerprint density at radius 2 is 1.96 bits per heavy atom. The highest BCUT2D eigenvalue weighted by Gasteiger charge is 2.32. The Labute approximate surface area is 157 Å². The molecule has 2 aliphatic heterocycles. The SMILES string of the molecule is CC(=O)c1cccc(CN2CCN(C3CCN(C)CC3)[C@@H](CCO)C2)c1. The number of piperazine rings is 1. The fourth-order valence-corrected chi connectivity index (χ4v) is 4.44. The molecule has 5 heteroatoms. The van der Waals surface area contributed by atoms with Crippen molar-refractivity contribution in [1.29, 1.82) is 0 Å². The van der Waals surface area contributed by atoms with Crippen LogP contribution in [0, 0.1) is 0 Å². The number of hydrogen-bond donors (Lipinski definition) is 1. The molecule has 0 saturated carbocycles. The van der Waals surface area contributed by atoms with E-state index >= 15 is 0 Å². The van der Waals surface area contributed by atoms with Gasteiger partial charge in [-0.05, 0) is 58.0 Å². The maximum atomic E-state index is 11.6. The predicted octanol–water partition coefficient (Wildman–Crippen LogP) is 1.85. The van der Waals surface area contributed by atoms with Crippen LogP contribution in [0.3, 0.4) is 0 Å². The van der Waals surface area contributed by atoms with Gasteiger partial charge in [0.05, 0.1) is 0 Å². The molecule has 5 nitrogen and oxygen atoms in total. The first-order chi connectivity index (χ1) is 12.6. The molecule has 0 unspecified atom stereocenters. The van der Waals surface area contributed by atoms with E-state index in [1.165, 1.54) is 31.5 Å². The monoisotopic (exact) mass is 359 g/mol. The second-order valence-electron chi connectivity index (χ2n) is 7.93. The van der Waals surface area contributed by atoms with E-state index in [0.717, 1.165) is 38.2 Å². The van der Waals surface area contributed by atoms with E-state index in [-0.39, 0.29) is 12.4 Å². The maximum Gasteiger partial charge on any atom is 0.159 e. The van der Waals surface area contributed by atoms with Crippen molar-refractivity contribution < 1.29 is 9.90 Å². The largest absolute Gasteiger partial charge is 0.396 e. The van der Waals surface area contributed by atoms with Crippen LogP contribution in [-0.2, 0) is 6.54 Å². The third kappa shape index (κ3) is 4.92. The van der Waals surface area contributed by atoms with Gasteiger partial charge in [-0.15, -0.1) is 0 Å². The summed E-state index contributed by atoms with van der Waals surface area (Å²) in [6.07, 6.45) is 3.31. The minimum absolute atomic E-state index is 0.122. The number of benzene rings is 1. The zero-order chi connectivity index (χ0) is 18.5. The second kappa shape index (κ2) is 9.09. The van der Waals surface area contributed by atoms with Crippen LogP contribution in [-0.4, -0.2) is 84.1 Å². The molecule has 2 saturated heterocycles. The highest BCUT2D eigenvalue weighted by atomic mass is 16.3. The Kier molecular flexibility index (Phi) is 6.81. The van der Waals surface area contributed by atoms with E-state index in [4.69, 9.17) is 0 Å². The Bertz CT molecular complexity index is 599. The molecule has 1 aromatic rings.